The molecule has 1 N–H and O–H groups in total. The van der Waals surface area contributed by atoms with Crippen molar-refractivity contribution in [1.29, 1.82) is 0 Å². The van der Waals surface area contributed by atoms with Gasteiger partial charge in [-0.05, 0) is 56.4 Å². The monoisotopic (exact) mass is 328 g/mol. The van der Waals surface area contributed by atoms with Crippen molar-refractivity contribution in [2.45, 2.75) is 39.5 Å². The largest absolute Gasteiger partial charge is 0.370 e. The maximum atomic E-state index is 12.6. The molecule has 1 fully saturated rings. The molecule has 0 radical (unpaired) electrons. The minimum Gasteiger partial charge on any atom is -0.370 e. The Balaban J connectivity index is 1.80. The summed E-state index contributed by atoms with van der Waals surface area (Å²) in [5, 5.41) is 3.12. The van der Waals surface area contributed by atoms with Gasteiger partial charge >= 0.3 is 0 Å². The average molecular weight is 328 g/mol. The van der Waals surface area contributed by atoms with Crippen LogP contribution in [0.1, 0.15) is 46.3 Å². The van der Waals surface area contributed by atoms with Gasteiger partial charge in [0.2, 0.25) is 0 Å². The van der Waals surface area contributed by atoms with Crippen LogP contribution in [-0.4, -0.2) is 19.0 Å². The van der Waals surface area contributed by atoms with Crippen LogP contribution in [0.3, 0.4) is 0 Å². The van der Waals surface area contributed by atoms with E-state index in [2.05, 4.69) is 30.1 Å². The Hall–Kier alpha value is -1.81. The van der Waals surface area contributed by atoms with E-state index in [4.69, 9.17) is 0 Å². The second-order valence-corrected chi connectivity index (χ2v) is 7.23. The quantitative estimate of drug-likeness (QED) is 0.869. The lowest BCUT2D eigenvalue weighted by Crippen LogP contribution is -2.30. The number of benzene rings is 1. The summed E-state index contributed by atoms with van der Waals surface area (Å²) >= 11 is 1.60. The number of nitrogens with zero attached hydrogens (tertiary/aromatic N) is 1. The standard InChI is InChI=1S/C19H24N2OS/c1-3-17-14(2)13-18(23-17)19(22)20-15-9-5-6-10-16(15)21-11-7-4-8-12-21/h5-6,9-10,13H,3-4,7-8,11-12H2,1-2H3,(H,20,22). The van der Waals surface area contributed by atoms with Gasteiger partial charge in [-0.1, -0.05) is 19.1 Å². The van der Waals surface area contributed by atoms with Gasteiger partial charge in [-0.3, -0.25) is 4.79 Å². The molecule has 0 atom stereocenters. The lowest BCUT2D eigenvalue weighted by Gasteiger charge is -2.30. The van der Waals surface area contributed by atoms with Crippen LogP contribution in [0.4, 0.5) is 11.4 Å². The molecule has 3 nitrogen and oxygen atoms in total. The Labute approximate surface area is 142 Å². The maximum absolute atomic E-state index is 12.6. The van der Waals surface area contributed by atoms with Crippen molar-refractivity contribution < 1.29 is 4.79 Å². The molecule has 3 rings (SSSR count). The normalized spacial score (nSPS) is 14.8. The topological polar surface area (TPSA) is 32.3 Å². The van der Waals surface area contributed by atoms with E-state index in [0.29, 0.717) is 0 Å². The molecule has 122 valence electrons. The zero-order valence-electron chi connectivity index (χ0n) is 13.9. The van der Waals surface area contributed by atoms with Crippen LogP contribution in [0.5, 0.6) is 0 Å². The summed E-state index contributed by atoms with van der Waals surface area (Å²) in [6.45, 7) is 6.36. The second kappa shape index (κ2) is 7.18. The minimum atomic E-state index is 0.00209. The van der Waals surface area contributed by atoms with Crippen LogP contribution in [0, 0.1) is 6.92 Å². The molecule has 1 saturated heterocycles. The molecule has 1 aliphatic heterocycles. The Kier molecular flexibility index (Phi) is 5.01. The second-order valence-electron chi connectivity index (χ2n) is 6.09. The highest BCUT2D eigenvalue weighted by molar-refractivity contribution is 7.14. The maximum Gasteiger partial charge on any atom is 0.265 e. The summed E-state index contributed by atoms with van der Waals surface area (Å²) in [6.07, 6.45) is 4.74. The van der Waals surface area contributed by atoms with Gasteiger partial charge in [-0.15, -0.1) is 11.3 Å². The molecule has 2 heterocycles. The van der Waals surface area contributed by atoms with Crippen LogP contribution in [0.25, 0.3) is 0 Å². The van der Waals surface area contributed by atoms with Crippen molar-refractivity contribution in [3.8, 4) is 0 Å². The average Bonchev–Trinajstić information content (AvgIpc) is 2.97. The summed E-state index contributed by atoms with van der Waals surface area (Å²) in [5.74, 6) is 0.00209. The van der Waals surface area contributed by atoms with E-state index >= 15 is 0 Å². The number of rotatable bonds is 4. The molecule has 4 heteroatoms. The number of amides is 1. The van der Waals surface area contributed by atoms with Crippen LogP contribution in [0.15, 0.2) is 30.3 Å². The summed E-state index contributed by atoms with van der Waals surface area (Å²) in [7, 11) is 0. The van der Waals surface area contributed by atoms with Crippen molar-refractivity contribution in [1.82, 2.24) is 0 Å². The first kappa shape index (κ1) is 16.1. The zero-order valence-corrected chi connectivity index (χ0v) is 14.7. The number of hydrogen-bond acceptors (Lipinski definition) is 3. The van der Waals surface area contributed by atoms with Gasteiger partial charge in [0, 0.05) is 18.0 Å². The highest BCUT2D eigenvalue weighted by atomic mass is 32.1. The molecule has 0 aliphatic carbocycles. The number of para-hydroxylation sites is 2. The van der Waals surface area contributed by atoms with Crippen molar-refractivity contribution >= 4 is 28.6 Å². The number of nitrogens with one attached hydrogen (secondary N) is 1. The first-order chi connectivity index (χ1) is 11.2. The van der Waals surface area contributed by atoms with Gasteiger partial charge in [-0.25, -0.2) is 0 Å². The lowest BCUT2D eigenvalue weighted by atomic mass is 10.1. The van der Waals surface area contributed by atoms with Crippen molar-refractivity contribution in [3.63, 3.8) is 0 Å². The molecule has 0 bridgehead atoms. The molecular weight excluding hydrogens is 304 g/mol. The molecule has 1 aromatic heterocycles. The van der Waals surface area contributed by atoms with E-state index in [1.807, 2.05) is 24.3 Å². The van der Waals surface area contributed by atoms with Gasteiger partial charge < -0.3 is 10.2 Å². The summed E-state index contributed by atoms with van der Waals surface area (Å²) in [4.78, 5) is 17.1. The number of thiophene rings is 1. The molecule has 0 unspecified atom stereocenters. The number of carbonyl (C=O) groups excluding carboxylic acids is 1. The Bertz CT molecular complexity index is 686. The first-order valence-electron chi connectivity index (χ1n) is 8.43. The van der Waals surface area contributed by atoms with E-state index in [-0.39, 0.29) is 5.91 Å². The predicted octanol–water partition coefficient (Wildman–Crippen LogP) is 4.86. The van der Waals surface area contributed by atoms with E-state index in [1.54, 1.807) is 11.3 Å². The number of anilines is 2. The molecule has 0 spiro atoms. The Morgan fingerprint density at radius 3 is 2.65 bits per heavy atom. The molecule has 1 aliphatic rings. The fraction of sp³-hybridized carbons (Fsp3) is 0.421. The predicted molar refractivity (Wildman–Crippen MR) is 98.9 cm³/mol. The highest BCUT2D eigenvalue weighted by Gasteiger charge is 2.17. The molecule has 0 saturated carbocycles. The highest BCUT2D eigenvalue weighted by Crippen LogP contribution is 2.30. The van der Waals surface area contributed by atoms with Crippen LogP contribution < -0.4 is 10.2 Å². The van der Waals surface area contributed by atoms with Gasteiger partial charge in [0.1, 0.15) is 0 Å². The fourth-order valence-corrected chi connectivity index (χ4v) is 4.17. The number of hydrogen-bond donors (Lipinski definition) is 1. The van der Waals surface area contributed by atoms with E-state index in [9.17, 15) is 4.79 Å². The fourth-order valence-electron chi connectivity index (χ4n) is 3.16. The van der Waals surface area contributed by atoms with Gasteiger partial charge in [0.25, 0.3) is 5.91 Å². The molecule has 2 aromatic rings. The smallest absolute Gasteiger partial charge is 0.265 e. The van der Waals surface area contributed by atoms with Crippen LogP contribution in [-0.2, 0) is 6.42 Å². The lowest BCUT2D eigenvalue weighted by molar-refractivity contribution is 0.103. The van der Waals surface area contributed by atoms with Crippen molar-refractivity contribution in [2.75, 3.05) is 23.3 Å². The summed E-state index contributed by atoms with van der Waals surface area (Å²) in [6, 6.07) is 10.1. The van der Waals surface area contributed by atoms with Crippen molar-refractivity contribution in [2.24, 2.45) is 0 Å². The molecular formula is C19H24N2OS. The van der Waals surface area contributed by atoms with Gasteiger partial charge in [0.15, 0.2) is 0 Å². The Morgan fingerprint density at radius 1 is 1.22 bits per heavy atom. The summed E-state index contributed by atoms with van der Waals surface area (Å²) < 4.78 is 0. The minimum absolute atomic E-state index is 0.00209. The Morgan fingerprint density at radius 2 is 1.96 bits per heavy atom. The third-order valence-corrected chi connectivity index (χ3v) is 5.79. The third-order valence-electron chi connectivity index (χ3n) is 4.41. The van der Waals surface area contributed by atoms with Gasteiger partial charge in [0.05, 0.1) is 16.3 Å². The molecule has 1 amide bonds. The van der Waals surface area contributed by atoms with E-state index in [0.717, 1.165) is 35.8 Å². The van der Waals surface area contributed by atoms with Crippen LogP contribution in [0.2, 0.25) is 0 Å². The van der Waals surface area contributed by atoms with Crippen molar-refractivity contribution in [3.05, 3.63) is 45.6 Å². The van der Waals surface area contributed by atoms with Gasteiger partial charge in [-0.2, -0.15) is 0 Å². The third kappa shape index (κ3) is 3.58. The SMILES string of the molecule is CCc1sc(C(=O)Nc2ccccc2N2CCCCC2)cc1C. The molecule has 23 heavy (non-hydrogen) atoms. The number of carbonyl (C=O) groups is 1. The van der Waals surface area contributed by atoms with E-state index in [1.165, 1.54) is 29.7 Å². The molecule has 1 aromatic carbocycles. The zero-order chi connectivity index (χ0) is 16.2. The first-order valence-corrected chi connectivity index (χ1v) is 9.25. The number of aryl methyl sites for hydroxylation is 2. The summed E-state index contributed by atoms with van der Waals surface area (Å²) in [5.41, 5.74) is 3.28. The van der Waals surface area contributed by atoms with Crippen LogP contribution >= 0.6 is 11.3 Å². The van der Waals surface area contributed by atoms with E-state index < -0.39 is 0 Å². The number of piperidine rings is 1.